The molecular weight excluding hydrogens is 340 g/mol. The molecule has 0 fully saturated rings. The van der Waals surface area contributed by atoms with Gasteiger partial charge in [-0.05, 0) is 24.1 Å². The zero-order valence-electron chi connectivity index (χ0n) is 14.5. The van der Waals surface area contributed by atoms with Gasteiger partial charge in [0.15, 0.2) is 6.61 Å². The molecule has 7 heteroatoms. The topological polar surface area (TPSA) is 88.5 Å². The van der Waals surface area contributed by atoms with Crippen LogP contribution in [0.15, 0.2) is 29.6 Å². The van der Waals surface area contributed by atoms with Gasteiger partial charge in [0.1, 0.15) is 11.4 Å². The molecule has 0 bridgehead atoms. The van der Waals surface area contributed by atoms with E-state index >= 15 is 0 Å². The highest BCUT2D eigenvalue weighted by Gasteiger charge is 2.20. The van der Waals surface area contributed by atoms with Crippen molar-refractivity contribution in [3.63, 3.8) is 0 Å². The Balaban J connectivity index is 1.81. The molecule has 0 unspecified atom stereocenters. The Labute approximate surface area is 150 Å². The predicted octanol–water partition coefficient (Wildman–Crippen LogP) is 2.88. The Hall–Kier alpha value is -2.41. The van der Waals surface area contributed by atoms with E-state index in [9.17, 15) is 9.59 Å². The minimum atomic E-state index is -1.01. The summed E-state index contributed by atoms with van der Waals surface area (Å²) in [6.07, 6.45) is 0.668. The first-order valence-corrected chi connectivity index (χ1v) is 8.81. The lowest BCUT2D eigenvalue weighted by Crippen LogP contribution is -2.26. The second-order valence-electron chi connectivity index (χ2n) is 6.62. The molecule has 1 aromatic carbocycles. The van der Waals surface area contributed by atoms with Gasteiger partial charge >= 0.3 is 5.97 Å². The third-order valence-electron chi connectivity index (χ3n) is 3.36. The summed E-state index contributed by atoms with van der Waals surface area (Å²) in [4.78, 5) is 27.0. The van der Waals surface area contributed by atoms with E-state index in [-0.39, 0.29) is 17.9 Å². The van der Waals surface area contributed by atoms with Crippen LogP contribution in [-0.2, 0) is 16.6 Å². The second-order valence-corrected chi connectivity index (χ2v) is 7.48. The molecular formula is C18H22N2O4S. The third-order valence-corrected chi connectivity index (χ3v) is 4.63. The number of rotatable bonds is 7. The summed E-state index contributed by atoms with van der Waals surface area (Å²) in [6, 6.07) is 7.14. The van der Waals surface area contributed by atoms with Crippen molar-refractivity contribution < 1.29 is 19.4 Å². The maximum absolute atomic E-state index is 12.1. The van der Waals surface area contributed by atoms with Crippen molar-refractivity contribution in [1.29, 1.82) is 0 Å². The number of hydrogen-bond acceptors (Lipinski definition) is 5. The summed E-state index contributed by atoms with van der Waals surface area (Å²) in [6.45, 7) is 6.34. The molecule has 0 radical (unpaired) electrons. The Kier molecular flexibility index (Phi) is 6.14. The van der Waals surface area contributed by atoms with Crippen molar-refractivity contribution in [3.8, 4) is 5.75 Å². The molecule has 6 nitrogen and oxygen atoms in total. The summed E-state index contributed by atoms with van der Waals surface area (Å²) >= 11 is 1.50. The molecule has 2 aromatic rings. The van der Waals surface area contributed by atoms with Gasteiger partial charge in [0, 0.05) is 17.3 Å². The Morgan fingerprint density at radius 3 is 2.48 bits per heavy atom. The number of carbonyl (C=O) groups is 2. The Morgan fingerprint density at radius 2 is 1.92 bits per heavy atom. The van der Waals surface area contributed by atoms with Gasteiger partial charge in [-0.1, -0.05) is 32.9 Å². The van der Waals surface area contributed by atoms with Gasteiger partial charge in [0.25, 0.3) is 5.91 Å². The van der Waals surface area contributed by atoms with Crippen LogP contribution in [0.25, 0.3) is 0 Å². The molecule has 1 heterocycles. The summed E-state index contributed by atoms with van der Waals surface area (Å²) in [5.74, 6) is -0.677. The lowest BCUT2D eigenvalue weighted by molar-refractivity contribution is -0.139. The molecule has 0 saturated heterocycles. The smallest absolute Gasteiger partial charge is 0.341 e. The van der Waals surface area contributed by atoms with E-state index in [0.29, 0.717) is 24.4 Å². The SMILES string of the molecule is CC(C)(C)c1nc(C(=O)NCCc2ccc(OCC(=O)O)cc2)cs1. The zero-order chi connectivity index (χ0) is 18.4. The van der Waals surface area contributed by atoms with Gasteiger partial charge < -0.3 is 15.2 Å². The largest absolute Gasteiger partial charge is 0.482 e. The molecule has 0 aliphatic carbocycles. The average molecular weight is 362 g/mol. The van der Waals surface area contributed by atoms with Crippen molar-refractivity contribution in [3.05, 3.63) is 45.9 Å². The van der Waals surface area contributed by atoms with Crippen molar-refractivity contribution >= 4 is 23.2 Å². The molecule has 0 aliphatic heterocycles. The minimum Gasteiger partial charge on any atom is -0.482 e. The normalized spacial score (nSPS) is 11.2. The lowest BCUT2D eigenvalue weighted by atomic mass is 9.98. The molecule has 2 N–H and O–H groups in total. The zero-order valence-corrected chi connectivity index (χ0v) is 15.4. The monoisotopic (exact) mass is 362 g/mol. The van der Waals surface area contributed by atoms with Gasteiger partial charge in [-0.2, -0.15) is 0 Å². The van der Waals surface area contributed by atoms with E-state index in [1.807, 2.05) is 12.1 Å². The second kappa shape index (κ2) is 8.11. The lowest BCUT2D eigenvalue weighted by Gasteiger charge is -2.13. The standard InChI is InChI=1S/C18H22N2O4S/c1-18(2,3)17-20-14(11-25-17)16(23)19-9-8-12-4-6-13(7-5-12)24-10-15(21)22/h4-7,11H,8-10H2,1-3H3,(H,19,23)(H,21,22). The highest BCUT2D eigenvalue weighted by molar-refractivity contribution is 7.10. The number of thiazole rings is 1. The highest BCUT2D eigenvalue weighted by Crippen LogP contribution is 2.25. The fraction of sp³-hybridized carbons (Fsp3) is 0.389. The number of carboxylic acids is 1. The molecule has 25 heavy (non-hydrogen) atoms. The van der Waals surface area contributed by atoms with E-state index in [0.717, 1.165) is 10.6 Å². The molecule has 134 valence electrons. The number of nitrogens with one attached hydrogen (secondary N) is 1. The third kappa shape index (κ3) is 5.86. The summed E-state index contributed by atoms with van der Waals surface area (Å²) < 4.78 is 5.08. The average Bonchev–Trinajstić information content (AvgIpc) is 3.04. The first-order chi connectivity index (χ1) is 11.8. The van der Waals surface area contributed by atoms with Gasteiger partial charge in [0.2, 0.25) is 0 Å². The minimum absolute atomic E-state index is 0.0619. The van der Waals surface area contributed by atoms with E-state index in [4.69, 9.17) is 9.84 Å². The molecule has 1 aromatic heterocycles. The van der Waals surface area contributed by atoms with E-state index in [1.165, 1.54) is 11.3 Å². The first-order valence-electron chi connectivity index (χ1n) is 7.93. The maximum Gasteiger partial charge on any atom is 0.341 e. The number of aromatic nitrogens is 1. The quantitative estimate of drug-likeness (QED) is 0.791. The fourth-order valence-corrected chi connectivity index (χ4v) is 2.92. The fourth-order valence-electron chi connectivity index (χ4n) is 2.03. The maximum atomic E-state index is 12.1. The Morgan fingerprint density at radius 1 is 1.24 bits per heavy atom. The van der Waals surface area contributed by atoms with Crippen LogP contribution in [-0.4, -0.2) is 35.1 Å². The number of aliphatic carboxylic acids is 1. The van der Waals surface area contributed by atoms with Crippen molar-refractivity contribution in [2.45, 2.75) is 32.6 Å². The molecule has 0 spiro atoms. The van der Waals surface area contributed by atoms with Crippen molar-refractivity contribution in [1.82, 2.24) is 10.3 Å². The molecule has 0 aliphatic rings. The van der Waals surface area contributed by atoms with Gasteiger partial charge in [-0.15, -0.1) is 11.3 Å². The molecule has 2 rings (SSSR count). The number of ether oxygens (including phenoxy) is 1. The van der Waals surface area contributed by atoms with Crippen LogP contribution in [0.1, 0.15) is 41.8 Å². The first kappa shape index (κ1) is 18.9. The number of amides is 1. The summed E-state index contributed by atoms with van der Waals surface area (Å²) in [5.41, 5.74) is 1.41. The van der Waals surface area contributed by atoms with E-state index in [1.54, 1.807) is 17.5 Å². The van der Waals surface area contributed by atoms with Crippen LogP contribution in [0.4, 0.5) is 0 Å². The molecule has 0 saturated carbocycles. The predicted molar refractivity (Wildman–Crippen MR) is 96.4 cm³/mol. The van der Waals surface area contributed by atoms with Crippen LogP contribution in [0, 0.1) is 0 Å². The highest BCUT2D eigenvalue weighted by atomic mass is 32.1. The Bertz CT molecular complexity index is 732. The van der Waals surface area contributed by atoms with Crippen LogP contribution in [0.5, 0.6) is 5.75 Å². The number of nitrogens with zero attached hydrogens (tertiary/aromatic N) is 1. The van der Waals surface area contributed by atoms with E-state index in [2.05, 4.69) is 31.1 Å². The van der Waals surface area contributed by atoms with Gasteiger partial charge in [-0.25, -0.2) is 9.78 Å². The van der Waals surface area contributed by atoms with Crippen molar-refractivity contribution in [2.75, 3.05) is 13.2 Å². The van der Waals surface area contributed by atoms with Crippen LogP contribution < -0.4 is 10.1 Å². The summed E-state index contributed by atoms with van der Waals surface area (Å²) in [7, 11) is 0. The number of benzene rings is 1. The van der Waals surface area contributed by atoms with Gasteiger partial charge in [-0.3, -0.25) is 4.79 Å². The number of hydrogen-bond donors (Lipinski definition) is 2. The van der Waals surface area contributed by atoms with Gasteiger partial charge in [0.05, 0.1) is 5.01 Å². The molecule has 0 atom stereocenters. The van der Waals surface area contributed by atoms with Crippen molar-refractivity contribution in [2.24, 2.45) is 0 Å². The molecule has 1 amide bonds. The van der Waals surface area contributed by atoms with Crippen LogP contribution in [0.2, 0.25) is 0 Å². The van der Waals surface area contributed by atoms with E-state index < -0.39 is 5.97 Å². The number of carbonyl (C=O) groups excluding carboxylic acids is 1. The van der Waals surface area contributed by atoms with Crippen LogP contribution in [0.3, 0.4) is 0 Å². The summed E-state index contributed by atoms with van der Waals surface area (Å²) in [5, 5.41) is 14.2. The van der Waals surface area contributed by atoms with Crippen LogP contribution >= 0.6 is 11.3 Å². The number of carboxylic acid groups (broad SMARTS) is 1.